The van der Waals surface area contributed by atoms with Gasteiger partial charge in [-0.2, -0.15) is 0 Å². The summed E-state index contributed by atoms with van der Waals surface area (Å²) in [6, 6.07) is 0. The van der Waals surface area contributed by atoms with E-state index in [4.69, 9.17) is 45.3 Å². The molecule has 0 aromatic rings. The number of nitrogens with two attached hydrogens (primary N) is 1. The zero-order chi connectivity index (χ0) is 12.1. The van der Waals surface area contributed by atoms with Crippen molar-refractivity contribution in [3.63, 3.8) is 0 Å². The van der Waals surface area contributed by atoms with Crippen molar-refractivity contribution in [3.05, 3.63) is 11.3 Å². The zero-order valence-corrected chi connectivity index (χ0v) is 10.5. The highest BCUT2D eigenvalue weighted by Crippen LogP contribution is 2.33. The Kier molecular flexibility index (Phi) is 6.02. The van der Waals surface area contributed by atoms with E-state index in [-0.39, 0.29) is 17.9 Å². The van der Waals surface area contributed by atoms with Crippen LogP contribution in [-0.4, -0.2) is 29.6 Å². The molecule has 0 aromatic heterocycles. The molecule has 0 heterocycles. The van der Waals surface area contributed by atoms with Crippen molar-refractivity contribution in [2.45, 2.75) is 10.7 Å². The molecular formula is C8H11Cl3N2O2. The Hall–Kier alpha value is -0.450. The predicted octanol–water partition coefficient (Wildman–Crippen LogP) is 1.83. The van der Waals surface area contributed by atoms with Gasteiger partial charge in [0.2, 0.25) is 3.79 Å². The van der Waals surface area contributed by atoms with Gasteiger partial charge in [0.1, 0.15) is 5.57 Å². The lowest BCUT2D eigenvalue weighted by Gasteiger charge is -2.14. The van der Waals surface area contributed by atoms with Crippen LogP contribution in [0.15, 0.2) is 16.3 Å². The van der Waals surface area contributed by atoms with Gasteiger partial charge < -0.3 is 10.5 Å². The van der Waals surface area contributed by atoms with Crippen LogP contribution in [0.5, 0.6) is 0 Å². The highest BCUT2D eigenvalue weighted by Gasteiger charge is 2.29. The van der Waals surface area contributed by atoms with Crippen molar-refractivity contribution in [1.29, 1.82) is 0 Å². The van der Waals surface area contributed by atoms with Gasteiger partial charge in [-0.05, 0) is 6.92 Å². The summed E-state index contributed by atoms with van der Waals surface area (Å²) in [6.45, 7) is 1.86. The van der Waals surface area contributed by atoms with Crippen LogP contribution in [0.1, 0.15) is 6.92 Å². The normalized spacial score (nSPS) is 13.9. The molecule has 2 N–H and O–H groups in total. The van der Waals surface area contributed by atoms with Gasteiger partial charge in [0.15, 0.2) is 0 Å². The van der Waals surface area contributed by atoms with E-state index in [1.807, 2.05) is 0 Å². The number of carbonyl (C=O) groups is 1. The van der Waals surface area contributed by atoms with Crippen LogP contribution in [0.4, 0.5) is 0 Å². The second-order valence-electron chi connectivity index (χ2n) is 2.43. The monoisotopic (exact) mass is 272 g/mol. The fourth-order valence-electron chi connectivity index (χ4n) is 0.723. The quantitative estimate of drug-likeness (QED) is 0.369. The van der Waals surface area contributed by atoms with Crippen molar-refractivity contribution in [3.8, 4) is 0 Å². The molecule has 0 aromatic carbocycles. The molecule has 0 aliphatic heterocycles. The highest BCUT2D eigenvalue weighted by molar-refractivity contribution is 6.69. The SMILES string of the molecule is CCOC(=O)C(/C=N/C)=C(\N)C(Cl)(Cl)Cl. The standard InChI is InChI=1S/C8H11Cl3N2O2/c1-3-15-7(14)5(4-13-2)6(12)8(9,10)11/h4H,3,12H2,1-2H3/b6-5-,13-4+. The van der Waals surface area contributed by atoms with Gasteiger partial charge >= 0.3 is 5.97 Å². The third kappa shape index (κ3) is 4.73. The lowest BCUT2D eigenvalue weighted by atomic mass is 10.2. The number of carbonyl (C=O) groups excluding carboxylic acids is 1. The molecule has 15 heavy (non-hydrogen) atoms. The maximum Gasteiger partial charge on any atom is 0.341 e. The minimum absolute atomic E-state index is 0.0562. The number of ether oxygens (including phenoxy) is 1. The second kappa shape index (κ2) is 6.20. The average Bonchev–Trinajstić information content (AvgIpc) is 2.12. The minimum atomic E-state index is -1.86. The van der Waals surface area contributed by atoms with Crippen molar-refractivity contribution >= 4 is 47.0 Å². The molecule has 0 unspecified atom stereocenters. The summed E-state index contributed by atoms with van der Waals surface area (Å²) in [5.41, 5.74) is 5.24. The lowest BCUT2D eigenvalue weighted by molar-refractivity contribution is -0.137. The van der Waals surface area contributed by atoms with Crippen molar-refractivity contribution in [2.24, 2.45) is 10.7 Å². The first-order chi connectivity index (χ1) is 6.84. The zero-order valence-electron chi connectivity index (χ0n) is 8.26. The summed E-state index contributed by atoms with van der Waals surface area (Å²) >= 11 is 16.6. The highest BCUT2D eigenvalue weighted by atomic mass is 35.6. The molecule has 0 spiro atoms. The molecule has 4 nitrogen and oxygen atoms in total. The summed E-state index contributed by atoms with van der Waals surface area (Å²) in [4.78, 5) is 15.0. The Morgan fingerprint density at radius 1 is 1.53 bits per heavy atom. The number of nitrogens with zero attached hydrogens (tertiary/aromatic N) is 1. The average molecular weight is 274 g/mol. The molecule has 0 radical (unpaired) electrons. The van der Waals surface area contributed by atoms with E-state index in [0.29, 0.717) is 0 Å². The molecule has 0 atom stereocenters. The molecule has 0 aliphatic carbocycles. The minimum Gasteiger partial charge on any atom is -0.462 e. The predicted molar refractivity (Wildman–Crippen MR) is 62.6 cm³/mol. The summed E-state index contributed by atoms with van der Waals surface area (Å²) in [5.74, 6) is -0.674. The van der Waals surface area contributed by atoms with E-state index in [1.165, 1.54) is 13.3 Å². The summed E-state index contributed by atoms with van der Waals surface area (Å²) in [6.07, 6.45) is 1.19. The molecule has 0 fully saturated rings. The van der Waals surface area contributed by atoms with Crippen LogP contribution in [-0.2, 0) is 9.53 Å². The summed E-state index contributed by atoms with van der Waals surface area (Å²) < 4.78 is 2.87. The first kappa shape index (κ1) is 14.6. The van der Waals surface area contributed by atoms with Crippen LogP contribution in [0, 0.1) is 0 Å². The van der Waals surface area contributed by atoms with Crippen LogP contribution < -0.4 is 5.73 Å². The fraction of sp³-hybridized carbons (Fsp3) is 0.500. The van der Waals surface area contributed by atoms with E-state index >= 15 is 0 Å². The van der Waals surface area contributed by atoms with Gasteiger partial charge in [0.25, 0.3) is 0 Å². The molecular weight excluding hydrogens is 262 g/mol. The van der Waals surface area contributed by atoms with Gasteiger partial charge in [-0.1, -0.05) is 34.8 Å². The summed E-state index contributed by atoms with van der Waals surface area (Å²) in [5, 5.41) is 0. The fourth-order valence-corrected chi connectivity index (χ4v) is 1.03. The Labute approximate surface area is 103 Å². The topological polar surface area (TPSA) is 64.7 Å². The number of halogens is 3. The van der Waals surface area contributed by atoms with Crippen molar-refractivity contribution in [2.75, 3.05) is 13.7 Å². The van der Waals surface area contributed by atoms with E-state index in [0.717, 1.165) is 0 Å². The van der Waals surface area contributed by atoms with Gasteiger partial charge in [0, 0.05) is 13.3 Å². The third-order valence-corrected chi connectivity index (χ3v) is 1.96. The number of hydrogen-bond donors (Lipinski definition) is 1. The van der Waals surface area contributed by atoms with Crippen LogP contribution in [0.25, 0.3) is 0 Å². The van der Waals surface area contributed by atoms with Gasteiger partial charge in [-0.25, -0.2) is 4.79 Å². The third-order valence-electron chi connectivity index (χ3n) is 1.35. The summed E-state index contributed by atoms with van der Waals surface area (Å²) in [7, 11) is 1.46. The largest absolute Gasteiger partial charge is 0.462 e. The molecule has 0 rings (SSSR count). The van der Waals surface area contributed by atoms with E-state index in [1.54, 1.807) is 6.92 Å². The number of esters is 1. The lowest BCUT2D eigenvalue weighted by Crippen LogP contribution is -2.23. The Morgan fingerprint density at radius 2 is 2.07 bits per heavy atom. The second-order valence-corrected chi connectivity index (χ2v) is 4.71. The van der Waals surface area contributed by atoms with Crippen LogP contribution in [0.2, 0.25) is 0 Å². The maximum absolute atomic E-state index is 11.4. The number of aliphatic imine (C=N–C) groups is 1. The Balaban J connectivity index is 5.20. The first-order valence-electron chi connectivity index (χ1n) is 4.00. The number of alkyl halides is 3. The molecule has 0 saturated carbocycles. The number of rotatable bonds is 3. The van der Waals surface area contributed by atoms with Crippen LogP contribution >= 0.6 is 34.8 Å². The molecule has 0 bridgehead atoms. The van der Waals surface area contributed by atoms with Crippen molar-refractivity contribution in [1.82, 2.24) is 0 Å². The van der Waals surface area contributed by atoms with Crippen LogP contribution in [0.3, 0.4) is 0 Å². The Bertz CT molecular complexity index is 295. The first-order valence-corrected chi connectivity index (χ1v) is 5.14. The molecule has 0 saturated heterocycles. The Morgan fingerprint density at radius 3 is 2.40 bits per heavy atom. The van der Waals surface area contributed by atoms with E-state index in [9.17, 15) is 4.79 Å². The molecule has 0 amide bonds. The molecule has 7 heteroatoms. The van der Waals surface area contributed by atoms with E-state index in [2.05, 4.69) is 4.99 Å². The smallest absolute Gasteiger partial charge is 0.341 e. The van der Waals surface area contributed by atoms with Gasteiger partial charge in [0.05, 0.1) is 12.3 Å². The van der Waals surface area contributed by atoms with Gasteiger partial charge in [-0.15, -0.1) is 0 Å². The number of allylic oxidation sites excluding steroid dienone is 1. The maximum atomic E-state index is 11.4. The molecule has 0 aliphatic rings. The van der Waals surface area contributed by atoms with Crippen molar-refractivity contribution < 1.29 is 9.53 Å². The number of hydrogen-bond acceptors (Lipinski definition) is 4. The molecule has 86 valence electrons. The van der Waals surface area contributed by atoms with E-state index < -0.39 is 9.76 Å². The van der Waals surface area contributed by atoms with Gasteiger partial charge in [-0.3, -0.25) is 4.99 Å².